The second kappa shape index (κ2) is 8.50. The molecule has 0 aromatic heterocycles. The van der Waals surface area contributed by atoms with Gasteiger partial charge in [-0.3, -0.25) is 9.69 Å². The highest BCUT2D eigenvalue weighted by atomic mass is 16.4. The minimum absolute atomic E-state index is 0.00364. The highest BCUT2D eigenvalue weighted by Gasteiger charge is 2.48. The highest BCUT2D eigenvalue weighted by Crippen LogP contribution is 2.47. The molecule has 1 saturated carbocycles. The summed E-state index contributed by atoms with van der Waals surface area (Å²) in [7, 11) is 0. The van der Waals surface area contributed by atoms with Crippen molar-refractivity contribution in [1.82, 2.24) is 4.90 Å². The number of rotatable bonds is 5. The average molecular weight is 429 g/mol. The first kappa shape index (κ1) is 21.6. The third-order valence-electron chi connectivity index (χ3n) is 5.87. The van der Waals surface area contributed by atoms with Crippen molar-refractivity contribution in [2.75, 3.05) is 5.32 Å². The fraction of sp³-hybridized carbons (Fsp3) is 0.259. The Balaban J connectivity index is 1.39. The zero-order valence-corrected chi connectivity index (χ0v) is 18.6. The Hall–Kier alpha value is -3.60. The number of carbonyl (C=O) groups excluding carboxylic acids is 1. The molecule has 2 unspecified atom stereocenters. The van der Waals surface area contributed by atoms with Gasteiger partial charge in [-0.25, -0.2) is 4.79 Å². The summed E-state index contributed by atoms with van der Waals surface area (Å²) < 4.78 is 0. The molecular formula is C27H28N2O3. The van der Waals surface area contributed by atoms with Crippen LogP contribution in [0.5, 0.6) is 0 Å². The van der Waals surface area contributed by atoms with Crippen LogP contribution in [0.1, 0.15) is 49.0 Å². The number of amides is 2. The molecule has 0 heterocycles. The molecule has 3 aromatic carbocycles. The molecule has 4 rings (SSSR count). The molecule has 5 nitrogen and oxygen atoms in total. The lowest BCUT2D eigenvalue weighted by atomic mass is 10.0. The fourth-order valence-corrected chi connectivity index (χ4v) is 4.21. The van der Waals surface area contributed by atoms with E-state index in [2.05, 4.69) is 5.32 Å². The summed E-state index contributed by atoms with van der Waals surface area (Å²) >= 11 is 0. The molecule has 0 aliphatic heterocycles. The Bertz CT molecular complexity index is 1100. The Morgan fingerprint density at radius 3 is 2.03 bits per heavy atom. The lowest BCUT2D eigenvalue weighted by Gasteiger charge is -2.33. The number of carbonyl (C=O) groups is 2. The predicted octanol–water partition coefficient (Wildman–Crippen LogP) is 6.24. The summed E-state index contributed by atoms with van der Waals surface area (Å²) in [6.07, 6.45) is -0.0598. The van der Waals surface area contributed by atoms with Gasteiger partial charge in [-0.2, -0.15) is 0 Å². The summed E-state index contributed by atoms with van der Waals surface area (Å²) in [5.74, 6) is 0.0343. The maximum Gasteiger partial charge on any atom is 0.408 e. The second-order valence-corrected chi connectivity index (χ2v) is 9.25. The van der Waals surface area contributed by atoms with Crippen LogP contribution in [0.4, 0.5) is 10.5 Å². The molecule has 164 valence electrons. The van der Waals surface area contributed by atoms with Crippen molar-refractivity contribution in [3.05, 3.63) is 90.0 Å². The first-order chi connectivity index (χ1) is 15.2. The number of nitrogens with one attached hydrogen (secondary N) is 1. The Labute approximate surface area is 188 Å². The summed E-state index contributed by atoms with van der Waals surface area (Å²) in [5.41, 5.74) is 4.15. The molecule has 0 bridgehead atoms. The minimum Gasteiger partial charge on any atom is -0.465 e. The van der Waals surface area contributed by atoms with Gasteiger partial charge in [-0.05, 0) is 68.1 Å². The smallest absolute Gasteiger partial charge is 0.408 e. The summed E-state index contributed by atoms with van der Waals surface area (Å²) in [6.45, 7) is 5.75. The van der Waals surface area contributed by atoms with E-state index in [1.165, 1.54) is 0 Å². The van der Waals surface area contributed by atoms with Crippen LogP contribution in [0, 0.1) is 0 Å². The van der Waals surface area contributed by atoms with Gasteiger partial charge in [-0.1, -0.05) is 54.6 Å². The van der Waals surface area contributed by atoms with Crippen LogP contribution >= 0.6 is 0 Å². The number of anilines is 1. The van der Waals surface area contributed by atoms with E-state index in [1.807, 2.05) is 99.6 Å². The van der Waals surface area contributed by atoms with Gasteiger partial charge in [0.25, 0.3) is 5.91 Å². The average Bonchev–Trinajstić information content (AvgIpc) is 3.53. The van der Waals surface area contributed by atoms with Crippen LogP contribution < -0.4 is 5.32 Å². The monoisotopic (exact) mass is 428 g/mol. The summed E-state index contributed by atoms with van der Waals surface area (Å²) in [4.78, 5) is 25.9. The first-order valence-electron chi connectivity index (χ1n) is 10.8. The number of benzene rings is 3. The topological polar surface area (TPSA) is 69.6 Å². The van der Waals surface area contributed by atoms with E-state index in [-0.39, 0.29) is 17.9 Å². The van der Waals surface area contributed by atoms with E-state index in [0.29, 0.717) is 11.3 Å². The Morgan fingerprint density at radius 2 is 1.47 bits per heavy atom. The Morgan fingerprint density at radius 1 is 0.875 bits per heavy atom. The van der Waals surface area contributed by atoms with Gasteiger partial charge in [-0.15, -0.1) is 0 Å². The molecular weight excluding hydrogens is 400 g/mol. The number of carboxylic acid groups (broad SMARTS) is 1. The summed E-state index contributed by atoms with van der Waals surface area (Å²) in [5, 5.41) is 12.5. The predicted molar refractivity (Wildman–Crippen MR) is 127 cm³/mol. The maximum atomic E-state index is 12.6. The molecule has 1 fully saturated rings. The molecule has 32 heavy (non-hydrogen) atoms. The molecule has 2 amide bonds. The van der Waals surface area contributed by atoms with Gasteiger partial charge < -0.3 is 10.4 Å². The molecule has 0 radical (unpaired) electrons. The van der Waals surface area contributed by atoms with Crippen molar-refractivity contribution in [3.63, 3.8) is 0 Å². The van der Waals surface area contributed by atoms with Gasteiger partial charge in [0.1, 0.15) is 0 Å². The molecule has 1 aliphatic carbocycles. The van der Waals surface area contributed by atoms with Crippen molar-refractivity contribution < 1.29 is 14.7 Å². The van der Waals surface area contributed by atoms with Gasteiger partial charge in [0.2, 0.25) is 0 Å². The van der Waals surface area contributed by atoms with E-state index in [9.17, 15) is 14.7 Å². The normalized spacial score (nSPS) is 17.5. The van der Waals surface area contributed by atoms with E-state index in [4.69, 9.17) is 0 Å². The van der Waals surface area contributed by atoms with E-state index in [1.54, 1.807) is 4.90 Å². The van der Waals surface area contributed by atoms with Crippen LogP contribution in [-0.4, -0.2) is 33.6 Å². The molecule has 2 atom stereocenters. The van der Waals surface area contributed by atoms with E-state index in [0.717, 1.165) is 23.1 Å². The standard InChI is InChI=1S/C27H28N2O3/c1-27(2,3)29(26(31)32)24-17-23(24)20-13-15-22(16-14-20)28-25(30)21-11-9-19(10-12-21)18-7-5-4-6-8-18/h4-16,23-24H,17H2,1-3H3,(H,28,30)(H,31,32). The lowest BCUT2D eigenvalue weighted by Crippen LogP contribution is -2.46. The van der Waals surface area contributed by atoms with E-state index >= 15 is 0 Å². The van der Waals surface area contributed by atoms with Crippen molar-refractivity contribution in [3.8, 4) is 11.1 Å². The van der Waals surface area contributed by atoms with E-state index < -0.39 is 11.6 Å². The first-order valence-corrected chi connectivity index (χ1v) is 10.8. The van der Waals surface area contributed by atoms with Crippen molar-refractivity contribution in [1.29, 1.82) is 0 Å². The largest absolute Gasteiger partial charge is 0.465 e. The third-order valence-corrected chi connectivity index (χ3v) is 5.87. The highest BCUT2D eigenvalue weighted by molar-refractivity contribution is 6.04. The van der Waals surface area contributed by atoms with Crippen LogP contribution in [0.3, 0.4) is 0 Å². The number of nitrogens with zero attached hydrogens (tertiary/aromatic N) is 1. The lowest BCUT2D eigenvalue weighted by molar-refractivity contribution is 0.0939. The van der Waals surface area contributed by atoms with Gasteiger partial charge in [0.15, 0.2) is 0 Å². The maximum absolute atomic E-state index is 12.6. The molecule has 1 aliphatic rings. The second-order valence-electron chi connectivity index (χ2n) is 9.25. The SMILES string of the molecule is CC(C)(C)N(C(=O)O)C1CC1c1ccc(NC(=O)c2ccc(-c3ccccc3)cc2)cc1. The van der Waals surface area contributed by atoms with Crippen LogP contribution in [0.2, 0.25) is 0 Å². The van der Waals surface area contributed by atoms with Crippen molar-refractivity contribution in [2.24, 2.45) is 0 Å². The number of hydrogen-bond acceptors (Lipinski definition) is 2. The fourth-order valence-electron chi connectivity index (χ4n) is 4.21. The van der Waals surface area contributed by atoms with Crippen molar-refractivity contribution in [2.45, 2.75) is 44.7 Å². The van der Waals surface area contributed by atoms with Crippen LogP contribution in [0.15, 0.2) is 78.9 Å². The molecule has 0 saturated heterocycles. The van der Waals surface area contributed by atoms with Gasteiger partial charge >= 0.3 is 6.09 Å². The van der Waals surface area contributed by atoms with Crippen LogP contribution in [0.25, 0.3) is 11.1 Å². The zero-order chi connectivity index (χ0) is 22.9. The van der Waals surface area contributed by atoms with Crippen molar-refractivity contribution >= 4 is 17.7 Å². The van der Waals surface area contributed by atoms with Gasteiger partial charge in [0.05, 0.1) is 0 Å². The number of hydrogen-bond donors (Lipinski definition) is 2. The molecule has 3 aromatic rings. The third kappa shape index (κ3) is 4.67. The quantitative estimate of drug-likeness (QED) is 0.505. The minimum atomic E-state index is -0.882. The zero-order valence-electron chi connectivity index (χ0n) is 18.6. The molecule has 5 heteroatoms. The van der Waals surface area contributed by atoms with Gasteiger partial charge in [0, 0.05) is 28.7 Å². The molecule has 0 spiro atoms. The Kier molecular flexibility index (Phi) is 5.74. The summed E-state index contributed by atoms with van der Waals surface area (Å²) in [6, 6.07) is 25.3. The molecule has 2 N–H and O–H groups in total. The van der Waals surface area contributed by atoms with Crippen LogP contribution in [-0.2, 0) is 0 Å².